The van der Waals surface area contributed by atoms with Crippen molar-refractivity contribution in [1.82, 2.24) is 0 Å². The molecule has 0 fully saturated rings. The van der Waals surface area contributed by atoms with Crippen molar-refractivity contribution in [2.75, 3.05) is 0 Å². The van der Waals surface area contributed by atoms with Crippen molar-refractivity contribution in [3.05, 3.63) is 69.8 Å². The Morgan fingerprint density at radius 3 is 0.526 bits per heavy atom. The van der Waals surface area contributed by atoms with Crippen molar-refractivity contribution in [3.8, 4) is 0 Å². The maximum atomic E-state index is 2.49. The summed E-state index contributed by atoms with van der Waals surface area (Å²) >= 11 is 0. The molecule has 0 spiro atoms. The standard InChI is InChI=1S/C32H44B6/c1-33(2)19-13-14-20(34(3)4)26-25(19)31-27-21(35(5)6)15-17-23(37(9)10)29(27)32(26)30-24(38(11)12)18-16-22(28(30)31)36(7)8/h13-18,31-32H,1-12H3. The van der Waals surface area contributed by atoms with Gasteiger partial charge in [-0.15, -0.1) is 0 Å². The molecule has 0 saturated carbocycles. The lowest BCUT2D eigenvalue weighted by molar-refractivity contribution is 0.778. The number of rotatable bonds is 6. The van der Waals surface area contributed by atoms with Gasteiger partial charge in [-0.1, -0.05) is 151 Å². The van der Waals surface area contributed by atoms with Gasteiger partial charge >= 0.3 is 0 Å². The molecule has 0 atom stereocenters. The minimum Gasteiger partial charge on any atom is -0.0819 e. The Kier molecular flexibility index (Phi) is 7.20. The molecule has 0 aliphatic heterocycles. The van der Waals surface area contributed by atoms with Gasteiger partial charge in [0.15, 0.2) is 40.3 Å². The van der Waals surface area contributed by atoms with Crippen LogP contribution in [0.15, 0.2) is 36.4 Å². The Morgan fingerprint density at radius 1 is 0.289 bits per heavy atom. The quantitative estimate of drug-likeness (QED) is 0.307. The van der Waals surface area contributed by atoms with Crippen LogP contribution in [0, 0.1) is 0 Å². The Labute approximate surface area is 236 Å². The Morgan fingerprint density at radius 2 is 0.421 bits per heavy atom. The van der Waals surface area contributed by atoms with E-state index in [1.165, 1.54) is 0 Å². The van der Waals surface area contributed by atoms with E-state index in [4.69, 9.17) is 0 Å². The summed E-state index contributed by atoms with van der Waals surface area (Å²) in [5.74, 6) is 0.645. The second-order valence-corrected chi connectivity index (χ2v) is 14.0. The van der Waals surface area contributed by atoms with Crippen LogP contribution in [0.4, 0.5) is 0 Å². The fourth-order valence-electron chi connectivity index (χ4n) is 7.83. The molecule has 0 radical (unpaired) electrons. The summed E-state index contributed by atoms with van der Waals surface area (Å²) in [6.45, 7) is 31.8. The molecule has 3 aliphatic carbocycles. The van der Waals surface area contributed by atoms with E-state index in [0.29, 0.717) is 52.1 Å². The summed E-state index contributed by atoms with van der Waals surface area (Å²) in [6, 6.07) is 14.9. The summed E-state index contributed by atoms with van der Waals surface area (Å²) in [5, 5.41) is 0. The highest BCUT2D eigenvalue weighted by Crippen LogP contribution is 2.53. The molecule has 0 saturated heterocycles. The van der Waals surface area contributed by atoms with Crippen LogP contribution in [-0.2, 0) is 0 Å². The molecule has 0 heterocycles. The van der Waals surface area contributed by atoms with Gasteiger partial charge in [0.25, 0.3) is 0 Å². The third-order valence-electron chi connectivity index (χ3n) is 9.53. The van der Waals surface area contributed by atoms with E-state index < -0.39 is 0 Å². The Bertz CT molecular complexity index is 1120. The zero-order valence-electron chi connectivity index (χ0n) is 26.1. The Hall–Kier alpha value is -1.95. The zero-order valence-corrected chi connectivity index (χ0v) is 26.1. The molecule has 6 rings (SSSR count). The first-order valence-electron chi connectivity index (χ1n) is 15.4. The first kappa shape index (κ1) is 27.6. The third kappa shape index (κ3) is 3.95. The SMILES string of the molecule is CB(C)c1ccc(B(C)C)c2c1C1c3c(B(C)C)ccc(B(C)C)c3C2c2c(B(C)C)ccc(B(C)C)c21. The monoisotopic (exact) mass is 494 g/mol. The van der Waals surface area contributed by atoms with E-state index in [1.807, 2.05) is 0 Å². The van der Waals surface area contributed by atoms with E-state index >= 15 is 0 Å². The molecule has 0 N–H and O–H groups in total. The van der Waals surface area contributed by atoms with Crippen molar-refractivity contribution in [3.63, 3.8) is 0 Å². The van der Waals surface area contributed by atoms with Crippen molar-refractivity contribution in [2.24, 2.45) is 0 Å². The third-order valence-corrected chi connectivity index (χ3v) is 9.53. The summed E-state index contributed by atoms with van der Waals surface area (Å²) < 4.78 is 0. The molecule has 38 heavy (non-hydrogen) atoms. The van der Waals surface area contributed by atoms with E-state index in [-0.39, 0.29) is 0 Å². The molecular formula is C32H44B6. The van der Waals surface area contributed by atoms with Crippen LogP contribution in [0.1, 0.15) is 45.2 Å². The largest absolute Gasteiger partial charge is 0.170 e. The average Bonchev–Trinajstić information content (AvgIpc) is 2.85. The first-order valence-corrected chi connectivity index (χ1v) is 15.4. The van der Waals surface area contributed by atoms with E-state index in [2.05, 4.69) is 118 Å². The van der Waals surface area contributed by atoms with Crippen LogP contribution >= 0.6 is 0 Å². The smallest absolute Gasteiger partial charge is 0.0819 e. The second-order valence-electron chi connectivity index (χ2n) is 14.0. The van der Waals surface area contributed by atoms with Crippen LogP contribution < -0.4 is 32.8 Å². The predicted molar refractivity (Wildman–Crippen MR) is 184 cm³/mol. The second kappa shape index (κ2) is 9.91. The molecule has 3 aromatic carbocycles. The molecule has 0 amide bonds. The molecule has 3 aliphatic rings. The van der Waals surface area contributed by atoms with Crippen LogP contribution in [-0.4, -0.2) is 40.3 Å². The average molecular weight is 494 g/mol. The number of benzene rings is 3. The van der Waals surface area contributed by atoms with E-state index in [9.17, 15) is 0 Å². The summed E-state index contributed by atoms with van der Waals surface area (Å²) in [5.41, 5.74) is 19.3. The van der Waals surface area contributed by atoms with Crippen LogP contribution in [0.2, 0.25) is 81.9 Å². The highest BCUT2D eigenvalue weighted by molar-refractivity contribution is 6.76. The van der Waals surface area contributed by atoms with Crippen molar-refractivity contribution in [1.29, 1.82) is 0 Å². The predicted octanol–water partition coefficient (Wildman–Crippen LogP) is 4.44. The molecule has 190 valence electrons. The van der Waals surface area contributed by atoms with Gasteiger partial charge in [-0.05, 0) is 33.4 Å². The first-order chi connectivity index (χ1) is 17.9. The molecule has 3 aromatic rings. The van der Waals surface area contributed by atoms with Gasteiger partial charge < -0.3 is 0 Å². The maximum Gasteiger partial charge on any atom is 0.170 e. The summed E-state index contributed by atoms with van der Waals surface area (Å²) in [6.07, 6.45) is 0. The van der Waals surface area contributed by atoms with Crippen molar-refractivity contribution < 1.29 is 0 Å². The van der Waals surface area contributed by atoms with Gasteiger partial charge in [-0.2, -0.15) is 0 Å². The minimum atomic E-state index is 0.322. The van der Waals surface area contributed by atoms with Gasteiger partial charge in [0, 0.05) is 11.8 Å². The lowest BCUT2D eigenvalue weighted by atomic mass is 9.34. The summed E-state index contributed by atoms with van der Waals surface area (Å²) in [7, 11) is 0. The number of hydrogen-bond acceptors (Lipinski definition) is 0. The van der Waals surface area contributed by atoms with Crippen LogP contribution in [0.5, 0.6) is 0 Å². The highest BCUT2D eigenvalue weighted by Gasteiger charge is 2.48. The summed E-state index contributed by atoms with van der Waals surface area (Å²) in [4.78, 5) is 0. The van der Waals surface area contributed by atoms with Crippen molar-refractivity contribution in [2.45, 2.75) is 93.7 Å². The fraction of sp³-hybridized carbons (Fsp3) is 0.438. The van der Waals surface area contributed by atoms with Gasteiger partial charge in [-0.25, -0.2) is 0 Å². The maximum absolute atomic E-state index is 2.49. The Balaban J connectivity index is 2.07. The van der Waals surface area contributed by atoms with Gasteiger partial charge in [0.05, 0.1) is 0 Å². The molecule has 0 nitrogen and oxygen atoms in total. The van der Waals surface area contributed by atoms with Gasteiger partial charge in [-0.3, -0.25) is 0 Å². The normalized spacial score (nSPS) is 16.4. The topological polar surface area (TPSA) is 0 Å². The van der Waals surface area contributed by atoms with Gasteiger partial charge in [0.1, 0.15) is 0 Å². The molecule has 6 heteroatoms. The molecule has 0 aromatic heterocycles. The van der Waals surface area contributed by atoms with Crippen LogP contribution in [0.3, 0.4) is 0 Å². The molecular weight excluding hydrogens is 449 g/mol. The highest BCUT2D eigenvalue weighted by atomic mass is 14.5. The van der Waals surface area contributed by atoms with E-state index in [1.54, 1.807) is 66.2 Å². The number of hydrogen-bond donors (Lipinski definition) is 0. The minimum absolute atomic E-state index is 0.322. The lowest BCUT2D eigenvalue weighted by Gasteiger charge is -2.49. The molecule has 0 unspecified atom stereocenters. The van der Waals surface area contributed by atoms with Crippen LogP contribution in [0.25, 0.3) is 0 Å². The van der Waals surface area contributed by atoms with Gasteiger partial charge in [0.2, 0.25) is 0 Å². The lowest BCUT2D eigenvalue weighted by Crippen LogP contribution is -2.53. The zero-order chi connectivity index (χ0) is 27.8. The molecule has 2 bridgehead atoms. The van der Waals surface area contributed by atoms with Crippen molar-refractivity contribution >= 4 is 73.1 Å². The fourth-order valence-corrected chi connectivity index (χ4v) is 7.83. The van der Waals surface area contributed by atoms with E-state index in [0.717, 1.165) is 0 Å².